The van der Waals surface area contributed by atoms with E-state index in [9.17, 15) is 18.0 Å². The standard InChI is InChI=1S/C18H19NO5S2/c1-12(24-18(21)15-6-4-5-7-16(15)25-2)17(20)13-8-10-14(11-9-13)19-26(3,22)23/h4-12,19H,1-3H3/t12-/m0/s1. The molecule has 0 radical (unpaired) electrons. The molecule has 0 aliphatic rings. The van der Waals surface area contributed by atoms with Crippen molar-refractivity contribution in [2.24, 2.45) is 0 Å². The van der Waals surface area contributed by atoms with Gasteiger partial charge in [-0.05, 0) is 49.6 Å². The van der Waals surface area contributed by atoms with Gasteiger partial charge in [-0.3, -0.25) is 9.52 Å². The van der Waals surface area contributed by atoms with Crippen LogP contribution in [-0.4, -0.2) is 38.8 Å². The second-order valence-electron chi connectivity index (χ2n) is 5.56. The maximum absolute atomic E-state index is 12.4. The molecule has 0 bridgehead atoms. The van der Waals surface area contributed by atoms with E-state index >= 15 is 0 Å². The minimum absolute atomic E-state index is 0.322. The lowest BCUT2D eigenvalue weighted by atomic mass is 10.1. The largest absolute Gasteiger partial charge is 0.451 e. The van der Waals surface area contributed by atoms with Crippen LogP contribution in [0.25, 0.3) is 0 Å². The van der Waals surface area contributed by atoms with Gasteiger partial charge in [-0.25, -0.2) is 13.2 Å². The van der Waals surface area contributed by atoms with E-state index in [4.69, 9.17) is 4.74 Å². The molecule has 2 aromatic rings. The monoisotopic (exact) mass is 393 g/mol. The Balaban J connectivity index is 2.08. The average Bonchev–Trinajstić information content (AvgIpc) is 2.60. The second kappa shape index (κ2) is 8.37. The summed E-state index contributed by atoms with van der Waals surface area (Å²) in [5.41, 5.74) is 1.08. The van der Waals surface area contributed by atoms with Crippen molar-refractivity contribution in [2.75, 3.05) is 17.2 Å². The van der Waals surface area contributed by atoms with Gasteiger partial charge in [0.05, 0.1) is 11.8 Å². The van der Waals surface area contributed by atoms with Crippen molar-refractivity contribution in [1.82, 2.24) is 0 Å². The Hall–Kier alpha value is -2.32. The number of carbonyl (C=O) groups is 2. The lowest BCUT2D eigenvalue weighted by Crippen LogP contribution is -2.24. The molecule has 0 aromatic heterocycles. The number of rotatable bonds is 7. The number of benzene rings is 2. The van der Waals surface area contributed by atoms with Crippen molar-refractivity contribution in [3.8, 4) is 0 Å². The van der Waals surface area contributed by atoms with Crippen LogP contribution in [0.15, 0.2) is 53.4 Å². The molecule has 0 unspecified atom stereocenters. The maximum atomic E-state index is 12.4. The van der Waals surface area contributed by atoms with Crippen LogP contribution >= 0.6 is 11.8 Å². The molecule has 0 saturated heterocycles. The lowest BCUT2D eigenvalue weighted by Gasteiger charge is -2.14. The number of Topliss-reactive ketones (excluding diaryl/α,β-unsaturated/α-hetero) is 1. The summed E-state index contributed by atoms with van der Waals surface area (Å²) in [7, 11) is -3.39. The summed E-state index contributed by atoms with van der Waals surface area (Å²) in [6.45, 7) is 1.50. The molecule has 8 heteroatoms. The second-order valence-corrected chi connectivity index (χ2v) is 8.16. The molecular formula is C18H19NO5S2. The molecule has 0 saturated carbocycles. The third-order valence-corrected chi connectivity index (χ3v) is 4.85. The summed E-state index contributed by atoms with van der Waals surface area (Å²) in [6, 6.07) is 12.9. The van der Waals surface area contributed by atoms with Gasteiger partial charge in [-0.2, -0.15) is 0 Å². The van der Waals surface area contributed by atoms with Crippen molar-refractivity contribution in [2.45, 2.75) is 17.9 Å². The van der Waals surface area contributed by atoms with Gasteiger partial charge in [0.15, 0.2) is 6.10 Å². The first-order chi connectivity index (χ1) is 12.2. The van der Waals surface area contributed by atoms with Crippen LogP contribution < -0.4 is 4.72 Å². The Morgan fingerprint density at radius 3 is 2.27 bits per heavy atom. The van der Waals surface area contributed by atoms with Crippen LogP contribution in [0, 0.1) is 0 Å². The van der Waals surface area contributed by atoms with Crippen molar-refractivity contribution < 1.29 is 22.7 Å². The minimum atomic E-state index is -3.39. The van der Waals surface area contributed by atoms with Crippen LogP contribution in [0.5, 0.6) is 0 Å². The van der Waals surface area contributed by atoms with E-state index in [0.29, 0.717) is 16.8 Å². The third kappa shape index (κ3) is 5.34. The van der Waals surface area contributed by atoms with Gasteiger partial charge in [-0.15, -0.1) is 11.8 Å². The van der Waals surface area contributed by atoms with Gasteiger partial charge in [0, 0.05) is 16.1 Å². The fourth-order valence-electron chi connectivity index (χ4n) is 2.24. The Bertz CT molecular complexity index is 907. The number of hydrogen-bond acceptors (Lipinski definition) is 6. The molecule has 0 spiro atoms. The molecule has 2 aromatic carbocycles. The minimum Gasteiger partial charge on any atom is -0.451 e. The molecule has 0 heterocycles. The van der Waals surface area contributed by atoms with Crippen molar-refractivity contribution >= 4 is 39.2 Å². The predicted octanol–water partition coefficient (Wildman–Crippen LogP) is 3.21. The number of esters is 1. The summed E-state index contributed by atoms with van der Waals surface area (Å²) in [5, 5.41) is 0. The first-order valence-electron chi connectivity index (χ1n) is 7.67. The smallest absolute Gasteiger partial charge is 0.339 e. The number of ketones is 1. The first-order valence-corrected chi connectivity index (χ1v) is 10.8. The summed E-state index contributed by atoms with van der Waals surface area (Å²) in [5.74, 6) is -0.933. The molecule has 0 aliphatic carbocycles. The molecule has 0 amide bonds. The van der Waals surface area contributed by atoms with E-state index in [2.05, 4.69) is 4.72 Å². The summed E-state index contributed by atoms with van der Waals surface area (Å²) in [4.78, 5) is 25.5. The van der Waals surface area contributed by atoms with Crippen molar-refractivity contribution in [3.63, 3.8) is 0 Å². The topological polar surface area (TPSA) is 89.5 Å². The molecule has 2 rings (SSSR count). The normalized spacial score (nSPS) is 12.3. The van der Waals surface area contributed by atoms with Crippen molar-refractivity contribution in [1.29, 1.82) is 0 Å². The number of thioether (sulfide) groups is 1. The third-order valence-electron chi connectivity index (χ3n) is 3.45. The number of nitrogens with one attached hydrogen (secondary N) is 1. The predicted molar refractivity (Wildman–Crippen MR) is 102 cm³/mol. The summed E-state index contributed by atoms with van der Waals surface area (Å²) in [6.07, 6.45) is 1.93. The highest BCUT2D eigenvalue weighted by Crippen LogP contribution is 2.21. The van der Waals surface area contributed by atoms with Crippen LogP contribution in [-0.2, 0) is 14.8 Å². The maximum Gasteiger partial charge on any atom is 0.339 e. The van der Waals surface area contributed by atoms with E-state index < -0.39 is 22.1 Å². The number of ether oxygens (including phenoxy) is 1. The zero-order chi connectivity index (χ0) is 19.3. The van der Waals surface area contributed by atoms with E-state index in [-0.39, 0.29) is 5.78 Å². The zero-order valence-electron chi connectivity index (χ0n) is 14.6. The van der Waals surface area contributed by atoms with E-state index in [1.807, 2.05) is 12.3 Å². The van der Waals surface area contributed by atoms with Gasteiger partial charge in [0.2, 0.25) is 15.8 Å². The summed E-state index contributed by atoms with van der Waals surface area (Å²) >= 11 is 1.42. The Labute approximate surface area is 157 Å². The van der Waals surface area contributed by atoms with Crippen LogP contribution in [0.2, 0.25) is 0 Å². The fraction of sp³-hybridized carbons (Fsp3) is 0.222. The molecular weight excluding hydrogens is 374 g/mol. The van der Waals surface area contributed by atoms with Gasteiger partial charge < -0.3 is 4.74 Å². The first kappa shape index (κ1) is 20.0. The molecule has 138 valence electrons. The lowest BCUT2D eigenvalue weighted by molar-refractivity contribution is 0.0315. The SMILES string of the molecule is CSc1ccccc1C(=O)O[C@@H](C)C(=O)c1ccc(NS(C)(=O)=O)cc1. The number of hydrogen-bond donors (Lipinski definition) is 1. The zero-order valence-corrected chi connectivity index (χ0v) is 16.2. The molecule has 0 fully saturated rings. The molecule has 1 atom stereocenters. The Kier molecular flexibility index (Phi) is 6.44. The van der Waals surface area contributed by atoms with Gasteiger partial charge in [0.1, 0.15) is 0 Å². The number of carbonyl (C=O) groups excluding carboxylic acids is 2. The fourth-order valence-corrected chi connectivity index (χ4v) is 3.39. The highest BCUT2D eigenvalue weighted by Gasteiger charge is 2.21. The number of sulfonamides is 1. The van der Waals surface area contributed by atoms with Gasteiger partial charge in [-0.1, -0.05) is 12.1 Å². The molecule has 1 N–H and O–H groups in total. The average molecular weight is 393 g/mol. The number of anilines is 1. The Morgan fingerprint density at radius 2 is 1.69 bits per heavy atom. The van der Waals surface area contributed by atoms with Gasteiger partial charge in [0.25, 0.3) is 0 Å². The van der Waals surface area contributed by atoms with E-state index in [1.165, 1.54) is 43.0 Å². The molecule has 26 heavy (non-hydrogen) atoms. The summed E-state index contributed by atoms with van der Waals surface area (Å²) < 4.78 is 30.0. The molecule has 6 nitrogen and oxygen atoms in total. The highest BCUT2D eigenvalue weighted by atomic mass is 32.2. The van der Waals surface area contributed by atoms with Gasteiger partial charge >= 0.3 is 5.97 Å². The quantitative estimate of drug-likeness (QED) is 0.441. The van der Waals surface area contributed by atoms with Crippen LogP contribution in [0.1, 0.15) is 27.6 Å². The van der Waals surface area contributed by atoms with Crippen LogP contribution in [0.4, 0.5) is 5.69 Å². The van der Waals surface area contributed by atoms with E-state index in [0.717, 1.165) is 11.2 Å². The molecule has 0 aliphatic heterocycles. The highest BCUT2D eigenvalue weighted by molar-refractivity contribution is 7.98. The van der Waals surface area contributed by atoms with Crippen molar-refractivity contribution in [3.05, 3.63) is 59.7 Å². The van der Waals surface area contributed by atoms with Crippen LogP contribution in [0.3, 0.4) is 0 Å². The Morgan fingerprint density at radius 1 is 1.08 bits per heavy atom. The van der Waals surface area contributed by atoms with E-state index in [1.54, 1.807) is 18.2 Å².